The third kappa shape index (κ3) is 4.54. The summed E-state index contributed by atoms with van der Waals surface area (Å²) < 4.78 is 0. The first-order chi connectivity index (χ1) is 17.1. The molecule has 1 heterocycles. The zero-order valence-corrected chi connectivity index (χ0v) is 18.9. The maximum absolute atomic E-state index is 14.0. The van der Waals surface area contributed by atoms with Crippen LogP contribution in [0.2, 0.25) is 0 Å². The number of aromatic nitrogens is 2. The van der Waals surface area contributed by atoms with E-state index in [1.807, 2.05) is 72.8 Å². The van der Waals surface area contributed by atoms with Crippen molar-refractivity contribution < 1.29 is 9.90 Å². The zero-order chi connectivity index (χ0) is 24.2. The molecule has 0 spiro atoms. The van der Waals surface area contributed by atoms with Crippen LogP contribution in [-0.2, 0) is 0 Å². The number of nitrogens with zero attached hydrogens (tertiary/aromatic N) is 1. The molecule has 172 valence electrons. The highest BCUT2D eigenvalue weighted by Crippen LogP contribution is 2.40. The van der Waals surface area contributed by atoms with E-state index in [2.05, 4.69) is 4.98 Å². The lowest BCUT2D eigenvalue weighted by atomic mass is 9.74. The van der Waals surface area contributed by atoms with Crippen LogP contribution < -0.4 is 5.56 Å². The molecule has 3 atom stereocenters. The van der Waals surface area contributed by atoms with Crippen molar-refractivity contribution in [1.82, 2.24) is 9.97 Å². The molecular formula is C30H24N2O3. The van der Waals surface area contributed by atoms with Crippen LogP contribution in [0, 0.1) is 5.92 Å². The smallest absolute Gasteiger partial charge is 0.270 e. The second kappa shape index (κ2) is 9.87. The van der Waals surface area contributed by atoms with Crippen molar-refractivity contribution in [2.24, 2.45) is 5.92 Å². The molecule has 0 bridgehead atoms. The molecule has 5 heteroatoms. The number of hydrogen-bond acceptors (Lipinski definition) is 4. The van der Waals surface area contributed by atoms with E-state index in [0.29, 0.717) is 22.2 Å². The molecule has 0 amide bonds. The third-order valence-electron chi connectivity index (χ3n) is 6.28. The summed E-state index contributed by atoms with van der Waals surface area (Å²) in [6.07, 6.45) is -1.17. The Labute approximate surface area is 202 Å². The monoisotopic (exact) mass is 460 g/mol. The van der Waals surface area contributed by atoms with Crippen molar-refractivity contribution in [2.75, 3.05) is 0 Å². The maximum atomic E-state index is 14.0. The topological polar surface area (TPSA) is 83.0 Å². The summed E-state index contributed by atoms with van der Waals surface area (Å²) in [5.74, 6) is -2.03. The Morgan fingerprint density at radius 2 is 1.26 bits per heavy atom. The van der Waals surface area contributed by atoms with Crippen LogP contribution in [0.15, 0.2) is 120 Å². The van der Waals surface area contributed by atoms with Gasteiger partial charge in [0.15, 0.2) is 5.78 Å². The van der Waals surface area contributed by atoms with Gasteiger partial charge in [-0.1, -0.05) is 103 Å². The largest absolute Gasteiger partial charge is 0.388 e. The molecule has 35 heavy (non-hydrogen) atoms. The highest BCUT2D eigenvalue weighted by Gasteiger charge is 2.40. The quantitative estimate of drug-likeness (QED) is 0.324. The first-order valence-electron chi connectivity index (χ1n) is 11.5. The van der Waals surface area contributed by atoms with E-state index in [1.165, 1.54) is 0 Å². The molecular weight excluding hydrogens is 436 g/mol. The second-order valence-electron chi connectivity index (χ2n) is 8.47. The fraction of sp³-hybridized carbons (Fsp3) is 0.100. The Morgan fingerprint density at radius 3 is 1.91 bits per heavy atom. The highest BCUT2D eigenvalue weighted by atomic mass is 16.3. The number of aliphatic hydroxyl groups excluding tert-OH is 1. The third-order valence-corrected chi connectivity index (χ3v) is 6.28. The van der Waals surface area contributed by atoms with Crippen molar-refractivity contribution in [3.63, 3.8) is 0 Å². The first kappa shape index (κ1) is 22.4. The van der Waals surface area contributed by atoms with Crippen LogP contribution >= 0.6 is 0 Å². The van der Waals surface area contributed by atoms with Crippen molar-refractivity contribution >= 4 is 16.8 Å². The molecule has 5 aromatic rings. The second-order valence-corrected chi connectivity index (χ2v) is 8.47. The SMILES string of the molecule is O=C(c1ccccc1)C(C(O)c1ccccc1)C(c1ccccc1)c1nc2ccccc2[nH]c1=O. The fourth-order valence-electron chi connectivity index (χ4n) is 4.58. The summed E-state index contributed by atoms with van der Waals surface area (Å²) in [6.45, 7) is 0. The number of aromatic amines is 1. The van der Waals surface area contributed by atoms with Crippen molar-refractivity contribution in [3.05, 3.63) is 148 Å². The molecule has 2 N–H and O–H groups in total. The van der Waals surface area contributed by atoms with E-state index >= 15 is 0 Å². The highest BCUT2D eigenvalue weighted by molar-refractivity contribution is 5.99. The Morgan fingerprint density at radius 1 is 0.714 bits per heavy atom. The van der Waals surface area contributed by atoms with Gasteiger partial charge in [-0.25, -0.2) is 4.98 Å². The molecule has 5 nitrogen and oxygen atoms in total. The van der Waals surface area contributed by atoms with E-state index < -0.39 is 17.9 Å². The predicted octanol–water partition coefficient (Wildman–Crippen LogP) is 5.29. The standard InChI is InChI=1S/C30H24N2O3/c33-28(21-14-6-2-7-15-21)26(29(34)22-16-8-3-9-17-22)25(20-12-4-1-5-13-20)27-30(35)32-24-19-11-10-18-23(24)31-27/h1-19,25-26,28,33H,(H,32,35). The zero-order valence-electron chi connectivity index (χ0n) is 18.9. The summed E-state index contributed by atoms with van der Waals surface area (Å²) >= 11 is 0. The number of rotatable bonds is 7. The molecule has 0 aliphatic heterocycles. The number of fused-ring (bicyclic) bond motifs is 1. The molecule has 0 aliphatic carbocycles. The van der Waals surface area contributed by atoms with Crippen LogP contribution in [0.4, 0.5) is 0 Å². The van der Waals surface area contributed by atoms with Crippen LogP contribution in [0.3, 0.4) is 0 Å². The molecule has 3 unspecified atom stereocenters. The minimum absolute atomic E-state index is 0.194. The summed E-state index contributed by atoms with van der Waals surface area (Å²) in [5, 5.41) is 11.6. The molecule has 0 fully saturated rings. The van der Waals surface area contributed by atoms with Crippen molar-refractivity contribution in [3.8, 4) is 0 Å². The van der Waals surface area contributed by atoms with E-state index in [0.717, 1.165) is 5.56 Å². The molecule has 0 saturated carbocycles. The number of carbonyl (C=O) groups is 1. The van der Waals surface area contributed by atoms with Crippen LogP contribution in [-0.4, -0.2) is 20.9 Å². The van der Waals surface area contributed by atoms with Gasteiger partial charge in [-0.05, 0) is 23.3 Å². The normalized spacial score (nSPS) is 13.7. The Bertz CT molecular complexity index is 1500. The van der Waals surface area contributed by atoms with Crippen LogP contribution in [0.25, 0.3) is 11.0 Å². The maximum Gasteiger partial charge on any atom is 0.270 e. The minimum Gasteiger partial charge on any atom is -0.388 e. The van der Waals surface area contributed by atoms with E-state index in [-0.39, 0.29) is 17.0 Å². The van der Waals surface area contributed by atoms with Gasteiger partial charge in [-0.2, -0.15) is 0 Å². The average Bonchev–Trinajstić information content (AvgIpc) is 2.92. The van der Waals surface area contributed by atoms with Gasteiger partial charge in [0.05, 0.1) is 23.1 Å². The van der Waals surface area contributed by atoms with E-state index in [1.54, 1.807) is 42.5 Å². The molecule has 5 rings (SSSR count). The Kier molecular flexibility index (Phi) is 6.33. The van der Waals surface area contributed by atoms with Gasteiger partial charge in [0.25, 0.3) is 5.56 Å². The fourth-order valence-corrected chi connectivity index (χ4v) is 4.58. The molecule has 0 saturated heterocycles. The van der Waals surface area contributed by atoms with Gasteiger partial charge in [-0.15, -0.1) is 0 Å². The van der Waals surface area contributed by atoms with Crippen LogP contribution in [0.5, 0.6) is 0 Å². The molecule has 1 aromatic heterocycles. The lowest BCUT2D eigenvalue weighted by Crippen LogP contribution is -2.33. The van der Waals surface area contributed by atoms with Crippen LogP contribution in [0.1, 0.15) is 39.2 Å². The number of H-pyrrole nitrogens is 1. The minimum atomic E-state index is -1.17. The predicted molar refractivity (Wildman–Crippen MR) is 136 cm³/mol. The first-order valence-corrected chi connectivity index (χ1v) is 11.5. The van der Waals surface area contributed by atoms with E-state index in [4.69, 9.17) is 4.98 Å². The average molecular weight is 461 g/mol. The van der Waals surface area contributed by atoms with Gasteiger partial charge in [0, 0.05) is 11.5 Å². The van der Waals surface area contributed by atoms with Gasteiger partial charge in [-0.3, -0.25) is 9.59 Å². The van der Waals surface area contributed by atoms with Gasteiger partial charge in [0.1, 0.15) is 5.69 Å². The molecule has 4 aromatic carbocycles. The van der Waals surface area contributed by atoms with Gasteiger partial charge < -0.3 is 10.1 Å². The summed E-state index contributed by atoms with van der Waals surface area (Å²) in [5.41, 5.74) is 2.82. The summed E-state index contributed by atoms with van der Waals surface area (Å²) in [4.78, 5) is 35.0. The van der Waals surface area contributed by atoms with Crippen molar-refractivity contribution in [2.45, 2.75) is 12.0 Å². The summed E-state index contributed by atoms with van der Waals surface area (Å²) in [7, 11) is 0. The van der Waals surface area contributed by atoms with E-state index in [9.17, 15) is 14.7 Å². The number of ketones is 1. The number of Topliss-reactive ketones (excluding diaryl/α,β-unsaturated/α-hetero) is 1. The van der Waals surface area contributed by atoms with Crippen molar-refractivity contribution in [1.29, 1.82) is 0 Å². The molecule has 0 radical (unpaired) electrons. The lowest BCUT2D eigenvalue weighted by molar-refractivity contribution is 0.0634. The Hall–Kier alpha value is -4.35. The van der Waals surface area contributed by atoms with Gasteiger partial charge >= 0.3 is 0 Å². The number of hydrogen-bond donors (Lipinski definition) is 2. The number of para-hydroxylation sites is 2. The summed E-state index contributed by atoms with van der Waals surface area (Å²) in [6, 6.07) is 34.5. The van der Waals surface area contributed by atoms with Gasteiger partial charge in [0.2, 0.25) is 0 Å². The molecule has 0 aliphatic rings. The number of aliphatic hydroxyl groups is 1. The number of carbonyl (C=O) groups excluding carboxylic acids is 1. The lowest BCUT2D eigenvalue weighted by Gasteiger charge is -2.30. The Balaban J connectivity index is 1.76. The number of benzene rings is 4. The number of nitrogens with one attached hydrogen (secondary N) is 1.